The van der Waals surface area contributed by atoms with Crippen molar-refractivity contribution in [3.05, 3.63) is 60.4 Å². The SMILES string of the molecule is CCn1c(SCC(=O)Nc2nc3ccccc3s2)nnc1[C@H](C)Oc1ccccc1. The number of nitrogens with one attached hydrogen (secondary N) is 1. The minimum absolute atomic E-state index is 0.125. The molecule has 0 fully saturated rings. The third-order valence-electron chi connectivity index (χ3n) is 4.35. The minimum atomic E-state index is -0.259. The Labute approximate surface area is 182 Å². The number of hydrogen-bond donors (Lipinski definition) is 1. The summed E-state index contributed by atoms with van der Waals surface area (Å²) in [5, 5.41) is 12.7. The van der Waals surface area contributed by atoms with Gasteiger partial charge in [-0.05, 0) is 38.1 Å². The molecular weight excluding hydrogens is 418 g/mol. The van der Waals surface area contributed by atoms with Gasteiger partial charge in [-0.25, -0.2) is 4.98 Å². The van der Waals surface area contributed by atoms with Crippen LogP contribution in [-0.2, 0) is 11.3 Å². The third kappa shape index (κ3) is 4.63. The summed E-state index contributed by atoms with van der Waals surface area (Å²) in [7, 11) is 0. The van der Waals surface area contributed by atoms with Crippen molar-refractivity contribution in [3.8, 4) is 5.75 Å². The normalized spacial score (nSPS) is 12.1. The summed E-state index contributed by atoms with van der Waals surface area (Å²) in [6.45, 7) is 4.65. The highest BCUT2D eigenvalue weighted by molar-refractivity contribution is 7.99. The first-order valence-corrected chi connectivity index (χ1v) is 11.4. The molecule has 0 aliphatic heterocycles. The van der Waals surface area contributed by atoms with Gasteiger partial charge in [0, 0.05) is 6.54 Å². The Morgan fingerprint density at radius 3 is 2.70 bits per heavy atom. The molecule has 0 spiro atoms. The van der Waals surface area contributed by atoms with E-state index in [4.69, 9.17) is 4.74 Å². The van der Waals surface area contributed by atoms with Gasteiger partial charge in [0.1, 0.15) is 5.75 Å². The fraction of sp³-hybridized carbons (Fsp3) is 0.238. The predicted octanol–water partition coefficient (Wildman–Crippen LogP) is 4.78. The lowest BCUT2D eigenvalue weighted by atomic mass is 10.3. The quantitative estimate of drug-likeness (QED) is 0.398. The Morgan fingerprint density at radius 2 is 1.93 bits per heavy atom. The second-order valence-corrected chi connectivity index (χ2v) is 8.45. The molecule has 0 radical (unpaired) electrons. The Morgan fingerprint density at radius 1 is 1.17 bits per heavy atom. The van der Waals surface area contributed by atoms with Gasteiger partial charge in [0.05, 0.1) is 16.0 Å². The predicted molar refractivity (Wildman–Crippen MR) is 120 cm³/mol. The van der Waals surface area contributed by atoms with Crippen LogP contribution in [0.5, 0.6) is 5.75 Å². The topological polar surface area (TPSA) is 81.9 Å². The number of rotatable bonds is 8. The Bertz CT molecular complexity index is 1110. The maximum absolute atomic E-state index is 12.4. The lowest BCUT2D eigenvalue weighted by Gasteiger charge is -2.15. The first-order valence-electron chi connectivity index (χ1n) is 9.57. The number of nitrogens with zero attached hydrogens (tertiary/aromatic N) is 4. The van der Waals surface area contributed by atoms with Crippen molar-refractivity contribution < 1.29 is 9.53 Å². The molecule has 30 heavy (non-hydrogen) atoms. The Balaban J connectivity index is 1.38. The van der Waals surface area contributed by atoms with E-state index in [1.807, 2.05) is 73.0 Å². The van der Waals surface area contributed by atoms with Gasteiger partial charge in [0.15, 0.2) is 22.2 Å². The van der Waals surface area contributed by atoms with Gasteiger partial charge in [-0.3, -0.25) is 4.79 Å². The van der Waals surface area contributed by atoms with E-state index in [-0.39, 0.29) is 17.8 Å². The van der Waals surface area contributed by atoms with E-state index >= 15 is 0 Å². The highest BCUT2D eigenvalue weighted by atomic mass is 32.2. The second-order valence-electron chi connectivity index (χ2n) is 6.48. The zero-order valence-electron chi connectivity index (χ0n) is 16.6. The van der Waals surface area contributed by atoms with Gasteiger partial charge in [0.2, 0.25) is 5.91 Å². The van der Waals surface area contributed by atoms with Gasteiger partial charge in [-0.2, -0.15) is 0 Å². The fourth-order valence-electron chi connectivity index (χ4n) is 2.97. The highest BCUT2D eigenvalue weighted by Crippen LogP contribution is 2.27. The molecule has 0 aliphatic rings. The molecule has 7 nitrogen and oxygen atoms in total. The minimum Gasteiger partial charge on any atom is -0.483 e. The van der Waals surface area contributed by atoms with Crippen LogP contribution in [0.25, 0.3) is 10.2 Å². The van der Waals surface area contributed by atoms with Crippen molar-refractivity contribution in [1.82, 2.24) is 19.7 Å². The molecule has 0 saturated heterocycles. The number of carbonyl (C=O) groups is 1. The number of fused-ring (bicyclic) bond motifs is 1. The van der Waals surface area contributed by atoms with Crippen molar-refractivity contribution >= 4 is 44.4 Å². The summed E-state index contributed by atoms with van der Waals surface area (Å²) >= 11 is 2.81. The number of hydrogen-bond acceptors (Lipinski definition) is 7. The lowest BCUT2D eigenvalue weighted by Crippen LogP contribution is -2.15. The Hall–Kier alpha value is -2.91. The molecule has 2 heterocycles. The van der Waals surface area contributed by atoms with Crippen molar-refractivity contribution in [3.63, 3.8) is 0 Å². The summed E-state index contributed by atoms with van der Waals surface area (Å²) in [5.41, 5.74) is 0.883. The van der Waals surface area contributed by atoms with Gasteiger partial charge in [0.25, 0.3) is 0 Å². The van der Waals surface area contributed by atoms with Crippen LogP contribution in [0.1, 0.15) is 25.8 Å². The van der Waals surface area contributed by atoms with E-state index in [9.17, 15) is 4.79 Å². The molecular formula is C21H21N5O2S2. The van der Waals surface area contributed by atoms with Gasteiger partial charge in [-0.1, -0.05) is 53.4 Å². The summed E-state index contributed by atoms with van der Waals surface area (Å²) < 4.78 is 8.99. The van der Waals surface area contributed by atoms with E-state index in [0.717, 1.165) is 21.8 Å². The fourth-order valence-corrected chi connectivity index (χ4v) is 4.66. The van der Waals surface area contributed by atoms with Crippen molar-refractivity contribution in [2.24, 2.45) is 0 Å². The van der Waals surface area contributed by atoms with E-state index in [1.165, 1.54) is 23.1 Å². The number of carbonyl (C=O) groups excluding carboxylic acids is 1. The largest absolute Gasteiger partial charge is 0.483 e. The van der Waals surface area contributed by atoms with Gasteiger partial charge < -0.3 is 14.6 Å². The van der Waals surface area contributed by atoms with Gasteiger partial charge in [-0.15, -0.1) is 10.2 Å². The lowest BCUT2D eigenvalue weighted by molar-refractivity contribution is -0.113. The van der Waals surface area contributed by atoms with E-state index < -0.39 is 0 Å². The highest BCUT2D eigenvalue weighted by Gasteiger charge is 2.19. The molecule has 1 amide bonds. The van der Waals surface area contributed by atoms with E-state index in [1.54, 1.807) is 0 Å². The number of anilines is 1. The van der Waals surface area contributed by atoms with Crippen LogP contribution in [0, 0.1) is 0 Å². The molecule has 0 saturated carbocycles. The number of ether oxygens (including phenoxy) is 1. The van der Waals surface area contributed by atoms with Crippen molar-refractivity contribution in [1.29, 1.82) is 0 Å². The molecule has 2 aromatic heterocycles. The third-order valence-corrected chi connectivity index (χ3v) is 6.27. The molecule has 4 aromatic rings. The number of aromatic nitrogens is 4. The number of para-hydroxylation sites is 2. The van der Waals surface area contributed by atoms with Crippen LogP contribution in [-0.4, -0.2) is 31.4 Å². The smallest absolute Gasteiger partial charge is 0.236 e. The summed E-state index contributed by atoms with van der Waals surface area (Å²) in [6.07, 6.45) is -0.259. The van der Waals surface area contributed by atoms with Crippen LogP contribution < -0.4 is 10.1 Å². The standard InChI is InChI=1S/C21H21N5O2S2/c1-3-26-19(14(2)28-15-9-5-4-6-10-15)24-25-21(26)29-13-18(27)23-20-22-16-11-7-8-12-17(16)30-20/h4-12,14H,3,13H2,1-2H3,(H,22,23,27)/t14-/m0/s1. The zero-order chi connectivity index (χ0) is 20.9. The van der Waals surface area contributed by atoms with Crippen LogP contribution in [0.2, 0.25) is 0 Å². The first-order chi connectivity index (χ1) is 14.6. The summed E-state index contributed by atoms with van der Waals surface area (Å²) in [6, 6.07) is 17.4. The molecule has 0 unspecified atom stereocenters. The van der Waals surface area contributed by atoms with Crippen LogP contribution in [0.15, 0.2) is 59.8 Å². The zero-order valence-corrected chi connectivity index (χ0v) is 18.2. The molecule has 4 rings (SSSR count). The summed E-state index contributed by atoms with van der Waals surface area (Å²) in [5.74, 6) is 1.61. The number of thioether (sulfide) groups is 1. The average Bonchev–Trinajstić information content (AvgIpc) is 3.36. The number of benzene rings is 2. The van der Waals surface area contributed by atoms with E-state index in [0.29, 0.717) is 16.8 Å². The van der Waals surface area contributed by atoms with E-state index in [2.05, 4.69) is 20.5 Å². The molecule has 1 N–H and O–H groups in total. The van der Waals surface area contributed by atoms with Crippen molar-refractivity contribution in [2.45, 2.75) is 31.7 Å². The van der Waals surface area contributed by atoms with Crippen LogP contribution in [0.3, 0.4) is 0 Å². The molecule has 9 heteroatoms. The van der Waals surface area contributed by atoms with Crippen LogP contribution in [0.4, 0.5) is 5.13 Å². The van der Waals surface area contributed by atoms with Crippen molar-refractivity contribution in [2.75, 3.05) is 11.1 Å². The first kappa shape index (κ1) is 20.4. The molecule has 2 aromatic carbocycles. The van der Waals surface area contributed by atoms with Gasteiger partial charge >= 0.3 is 0 Å². The van der Waals surface area contributed by atoms with Crippen LogP contribution >= 0.6 is 23.1 Å². The Kier molecular flexibility index (Phi) is 6.29. The summed E-state index contributed by atoms with van der Waals surface area (Å²) in [4.78, 5) is 16.8. The molecule has 0 bridgehead atoms. The molecule has 0 aliphatic carbocycles. The number of amides is 1. The maximum Gasteiger partial charge on any atom is 0.236 e. The molecule has 1 atom stereocenters. The molecule has 154 valence electrons. The second kappa shape index (κ2) is 9.27. The number of thiazole rings is 1. The monoisotopic (exact) mass is 439 g/mol. The maximum atomic E-state index is 12.4. The average molecular weight is 440 g/mol.